The molecule has 2 aromatic heterocycles. The Morgan fingerprint density at radius 1 is 1.29 bits per heavy atom. The van der Waals surface area contributed by atoms with E-state index in [1.165, 1.54) is 11.8 Å². The smallest absolute Gasteiger partial charge is 0.344 e. The van der Waals surface area contributed by atoms with Gasteiger partial charge in [-0.3, -0.25) is 4.79 Å². The molecule has 0 radical (unpaired) electrons. The first-order valence-electron chi connectivity index (χ1n) is 7.31. The molecular weight excluding hydrogens is 435 g/mol. The second kappa shape index (κ2) is 7.64. The van der Waals surface area contributed by atoms with Crippen LogP contribution in [0, 0.1) is 11.9 Å². The van der Waals surface area contributed by atoms with E-state index in [1.54, 1.807) is 0 Å². The highest BCUT2D eigenvalue weighted by Crippen LogP contribution is 2.29. The van der Waals surface area contributed by atoms with Crippen molar-refractivity contribution in [2.75, 3.05) is 5.32 Å². The van der Waals surface area contributed by atoms with E-state index in [2.05, 4.69) is 4.98 Å². The van der Waals surface area contributed by atoms with Crippen molar-refractivity contribution in [2.45, 2.75) is 24.0 Å². The number of carbonyl (C=O) groups excluding carboxylic acids is 1. The molecule has 0 aliphatic heterocycles. The van der Waals surface area contributed by atoms with Gasteiger partial charge in [0.25, 0.3) is 5.91 Å². The van der Waals surface area contributed by atoms with Crippen molar-refractivity contribution in [3.05, 3.63) is 40.9 Å². The summed E-state index contributed by atoms with van der Waals surface area (Å²) >= 11 is 5.89. The lowest BCUT2D eigenvalue weighted by Crippen LogP contribution is -2.42. The average molecular weight is 447 g/mol. The number of anilines is 1. The molecule has 0 unspecified atom stereocenters. The summed E-state index contributed by atoms with van der Waals surface area (Å²) in [4.78, 5) is 14.4. The number of amides is 1. The average Bonchev–Trinajstić information content (AvgIpc) is 2.84. The van der Waals surface area contributed by atoms with Crippen LogP contribution in [-0.2, 0) is 17.1 Å². The Labute approximate surface area is 160 Å². The summed E-state index contributed by atoms with van der Waals surface area (Å²) in [6, 6.07) is -0.772. The van der Waals surface area contributed by atoms with Crippen LogP contribution in [-0.4, -0.2) is 36.1 Å². The van der Waals surface area contributed by atoms with Crippen molar-refractivity contribution >= 4 is 33.2 Å². The van der Waals surface area contributed by atoms with Gasteiger partial charge >= 0.3 is 6.18 Å². The second-order valence-corrected chi connectivity index (χ2v) is 7.64. The van der Waals surface area contributed by atoms with Crippen molar-refractivity contribution < 1.29 is 35.2 Å². The molecule has 0 aliphatic rings. The molecule has 2 aromatic rings. The fourth-order valence-electron chi connectivity index (χ4n) is 2.07. The van der Waals surface area contributed by atoms with E-state index < -0.39 is 61.3 Å². The highest BCUT2D eigenvalue weighted by atomic mass is 35.5. The zero-order valence-corrected chi connectivity index (χ0v) is 15.7. The SMILES string of the molecule is C[C@@H](NS(=O)(=O)c1cn(C)c(C(=O)Nc2ccc(F)nc2F)c1Cl)C(F)(F)F. The summed E-state index contributed by atoms with van der Waals surface area (Å²) in [5, 5.41) is 1.34. The minimum atomic E-state index is -4.85. The van der Waals surface area contributed by atoms with Gasteiger partial charge in [0.05, 0.1) is 10.7 Å². The Hall–Kier alpha value is -2.25. The predicted octanol–water partition coefficient (Wildman–Crippen LogP) is 2.83. The number of pyridine rings is 1. The lowest BCUT2D eigenvalue weighted by atomic mass is 10.3. The molecule has 2 N–H and O–H groups in total. The number of carbonyl (C=O) groups is 1. The van der Waals surface area contributed by atoms with E-state index in [-0.39, 0.29) is 0 Å². The maximum absolute atomic E-state index is 13.6. The van der Waals surface area contributed by atoms with Crippen molar-refractivity contribution in [2.24, 2.45) is 7.05 Å². The molecule has 0 aromatic carbocycles. The van der Waals surface area contributed by atoms with Gasteiger partial charge in [-0.1, -0.05) is 11.6 Å². The van der Waals surface area contributed by atoms with E-state index >= 15 is 0 Å². The fourth-order valence-corrected chi connectivity index (χ4v) is 3.99. The monoisotopic (exact) mass is 446 g/mol. The fraction of sp³-hybridized carbons (Fsp3) is 0.286. The Morgan fingerprint density at radius 2 is 1.89 bits per heavy atom. The minimum absolute atomic E-state index is 0.481. The van der Waals surface area contributed by atoms with Crippen LogP contribution in [0.5, 0.6) is 0 Å². The summed E-state index contributed by atoms with van der Waals surface area (Å²) in [5.74, 6) is -3.57. The lowest BCUT2D eigenvalue weighted by molar-refractivity contribution is -0.147. The maximum Gasteiger partial charge on any atom is 0.404 e. The van der Waals surface area contributed by atoms with Crippen LogP contribution in [0.3, 0.4) is 0 Å². The molecule has 2 rings (SSSR count). The van der Waals surface area contributed by atoms with E-state index in [4.69, 9.17) is 11.6 Å². The summed E-state index contributed by atoms with van der Waals surface area (Å²) in [7, 11) is -3.53. The third-order valence-corrected chi connectivity index (χ3v) is 5.53. The minimum Gasteiger partial charge on any atom is -0.344 e. The normalized spacial score (nSPS) is 13.4. The zero-order valence-electron chi connectivity index (χ0n) is 14.1. The highest BCUT2D eigenvalue weighted by molar-refractivity contribution is 7.89. The molecule has 0 saturated carbocycles. The summed E-state index contributed by atoms with van der Waals surface area (Å²) in [5.41, 5.74) is -0.998. The molecule has 7 nitrogen and oxygen atoms in total. The van der Waals surface area contributed by atoms with Crippen molar-refractivity contribution in [1.29, 1.82) is 0 Å². The van der Waals surface area contributed by atoms with Gasteiger partial charge in [0.15, 0.2) is 0 Å². The first-order chi connectivity index (χ1) is 12.7. The summed E-state index contributed by atoms with van der Waals surface area (Å²) < 4.78 is 91.0. The number of hydrogen-bond acceptors (Lipinski definition) is 4. The molecule has 2 heterocycles. The van der Waals surface area contributed by atoms with E-state index in [9.17, 15) is 35.2 Å². The van der Waals surface area contributed by atoms with Gasteiger partial charge in [-0.05, 0) is 19.1 Å². The maximum atomic E-state index is 13.6. The van der Waals surface area contributed by atoms with Gasteiger partial charge in [-0.25, -0.2) is 8.42 Å². The Balaban J connectivity index is 2.36. The van der Waals surface area contributed by atoms with E-state index in [0.717, 1.165) is 22.9 Å². The van der Waals surface area contributed by atoms with Crippen LogP contribution in [0.2, 0.25) is 5.02 Å². The lowest BCUT2D eigenvalue weighted by Gasteiger charge is -2.16. The summed E-state index contributed by atoms with van der Waals surface area (Å²) in [6.45, 7) is 0.590. The Morgan fingerprint density at radius 3 is 2.43 bits per heavy atom. The number of halogens is 6. The van der Waals surface area contributed by atoms with Gasteiger partial charge in [0.2, 0.25) is 21.9 Å². The van der Waals surface area contributed by atoms with Crippen LogP contribution in [0.15, 0.2) is 23.2 Å². The van der Waals surface area contributed by atoms with Crippen molar-refractivity contribution in [3.63, 3.8) is 0 Å². The van der Waals surface area contributed by atoms with Gasteiger partial charge in [0, 0.05) is 13.2 Å². The van der Waals surface area contributed by atoms with Crippen LogP contribution in [0.4, 0.5) is 27.6 Å². The number of nitrogens with one attached hydrogen (secondary N) is 2. The topological polar surface area (TPSA) is 93.1 Å². The van der Waals surface area contributed by atoms with Crippen molar-refractivity contribution in [3.8, 4) is 0 Å². The quantitative estimate of drug-likeness (QED) is 0.545. The molecule has 154 valence electrons. The first-order valence-corrected chi connectivity index (χ1v) is 9.17. The van der Waals surface area contributed by atoms with Gasteiger partial charge in [0.1, 0.15) is 16.6 Å². The molecule has 1 amide bonds. The molecule has 0 bridgehead atoms. The summed E-state index contributed by atoms with van der Waals surface area (Å²) in [6.07, 6.45) is -4.02. The number of sulfonamides is 1. The van der Waals surface area contributed by atoms with Gasteiger partial charge in [-0.2, -0.15) is 31.7 Å². The number of alkyl halides is 3. The number of aryl methyl sites for hydroxylation is 1. The molecule has 28 heavy (non-hydrogen) atoms. The number of hydrogen-bond donors (Lipinski definition) is 2. The number of aromatic nitrogens is 2. The van der Waals surface area contributed by atoms with Crippen LogP contribution < -0.4 is 10.0 Å². The Bertz CT molecular complexity index is 1020. The molecule has 0 saturated heterocycles. The standard InChI is InChI=1S/C14H12ClF5N4O3S/c1-6(14(18,19)20)23-28(26,27)8-5-24(2)11(10(8)15)13(25)21-7-3-4-9(16)22-12(7)17/h3-6,23H,1-2H3,(H,21,25)/t6-/m1/s1. The van der Waals surface area contributed by atoms with Crippen molar-refractivity contribution in [1.82, 2.24) is 14.3 Å². The number of rotatable bonds is 5. The van der Waals surface area contributed by atoms with Gasteiger partial charge in [-0.15, -0.1) is 0 Å². The highest BCUT2D eigenvalue weighted by Gasteiger charge is 2.40. The first kappa shape index (κ1) is 22.0. The third-order valence-electron chi connectivity index (χ3n) is 3.48. The predicted molar refractivity (Wildman–Crippen MR) is 88.4 cm³/mol. The molecule has 0 spiro atoms. The van der Waals surface area contributed by atoms with E-state index in [0.29, 0.717) is 6.92 Å². The van der Waals surface area contributed by atoms with Crippen LogP contribution >= 0.6 is 11.6 Å². The Kier molecular flexibility index (Phi) is 6.01. The number of nitrogens with zero attached hydrogens (tertiary/aromatic N) is 2. The third kappa shape index (κ3) is 4.59. The van der Waals surface area contributed by atoms with Crippen LogP contribution in [0.25, 0.3) is 0 Å². The zero-order chi connectivity index (χ0) is 21.4. The molecule has 1 atom stereocenters. The van der Waals surface area contributed by atoms with E-state index in [1.807, 2.05) is 5.32 Å². The molecule has 0 aliphatic carbocycles. The molecule has 14 heteroatoms. The largest absolute Gasteiger partial charge is 0.404 e. The molecule has 0 fully saturated rings. The van der Waals surface area contributed by atoms with Crippen LogP contribution in [0.1, 0.15) is 17.4 Å². The van der Waals surface area contributed by atoms with Gasteiger partial charge < -0.3 is 9.88 Å². The molecular formula is C14H12ClF5N4O3S. The second-order valence-electron chi connectivity index (χ2n) is 5.58.